The predicted molar refractivity (Wildman–Crippen MR) is 129 cm³/mol. The highest BCUT2D eigenvalue weighted by Crippen LogP contribution is 2.25. The van der Waals surface area contributed by atoms with Crippen LogP contribution < -0.4 is 15.4 Å². The number of carbonyl (C=O) groups excluding carboxylic acids is 1. The number of nitrogens with one attached hydrogen (secondary N) is 2. The van der Waals surface area contributed by atoms with Gasteiger partial charge in [-0.15, -0.1) is 0 Å². The monoisotopic (exact) mass is 453 g/mol. The maximum absolute atomic E-state index is 12.9. The van der Waals surface area contributed by atoms with E-state index in [1.165, 1.54) is 0 Å². The molecular weight excluding hydrogens is 426 g/mol. The van der Waals surface area contributed by atoms with E-state index in [9.17, 15) is 4.79 Å². The quantitative estimate of drug-likeness (QED) is 0.391. The number of anilines is 1. The molecule has 32 heavy (non-hydrogen) atoms. The molecular formula is C24H28ClN5O2. The van der Waals surface area contributed by atoms with Gasteiger partial charge < -0.3 is 10.1 Å². The van der Waals surface area contributed by atoms with Gasteiger partial charge in [0.2, 0.25) is 5.96 Å². The summed E-state index contributed by atoms with van der Waals surface area (Å²) in [5.74, 6) is 0.579. The molecule has 2 N–H and O–H groups in total. The number of hydrogen-bond acceptors (Lipinski definition) is 4. The molecule has 0 saturated heterocycles. The lowest BCUT2D eigenvalue weighted by Gasteiger charge is -2.15. The molecule has 168 valence electrons. The van der Waals surface area contributed by atoms with Crippen molar-refractivity contribution in [2.24, 2.45) is 4.99 Å². The Kier molecular flexibility index (Phi) is 7.89. The summed E-state index contributed by atoms with van der Waals surface area (Å²) in [6, 6.07) is 12.6. The molecule has 0 aliphatic heterocycles. The summed E-state index contributed by atoms with van der Waals surface area (Å²) in [7, 11) is 1.60. The number of aryl methyl sites for hydroxylation is 3. The van der Waals surface area contributed by atoms with Crippen molar-refractivity contribution in [1.82, 2.24) is 15.1 Å². The first kappa shape index (κ1) is 23.3. The Hall–Kier alpha value is -3.32. The van der Waals surface area contributed by atoms with Crippen LogP contribution in [0.25, 0.3) is 0 Å². The molecule has 1 heterocycles. The smallest absolute Gasteiger partial charge is 0.259 e. The summed E-state index contributed by atoms with van der Waals surface area (Å²) < 4.78 is 7.37. The molecule has 0 fully saturated rings. The largest absolute Gasteiger partial charge is 0.495 e. The van der Waals surface area contributed by atoms with Crippen LogP contribution in [0.3, 0.4) is 0 Å². The summed E-state index contributed by atoms with van der Waals surface area (Å²) in [5.41, 5.74) is 4.01. The van der Waals surface area contributed by atoms with Gasteiger partial charge in [-0.1, -0.05) is 36.7 Å². The van der Waals surface area contributed by atoms with Crippen molar-refractivity contribution in [2.75, 3.05) is 12.4 Å². The topological polar surface area (TPSA) is 80.5 Å². The molecule has 0 saturated carbocycles. The van der Waals surface area contributed by atoms with Crippen LogP contribution >= 0.6 is 11.6 Å². The second-order valence-electron chi connectivity index (χ2n) is 7.43. The minimum atomic E-state index is -0.355. The van der Waals surface area contributed by atoms with Gasteiger partial charge in [0.15, 0.2) is 0 Å². The van der Waals surface area contributed by atoms with E-state index in [-0.39, 0.29) is 5.91 Å². The van der Waals surface area contributed by atoms with E-state index < -0.39 is 0 Å². The molecule has 0 spiro atoms. The third-order valence-corrected chi connectivity index (χ3v) is 5.20. The molecule has 0 unspecified atom stereocenters. The van der Waals surface area contributed by atoms with Crippen molar-refractivity contribution in [3.8, 4) is 5.75 Å². The minimum absolute atomic E-state index is 0.293. The van der Waals surface area contributed by atoms with Gasteiger partial charge in [0.25, 0.3) is 5.91 Å². The lowest BCUT2D eigenvalue weighted by Crippen LogP contribution is -2.36. The first-order valence-electron chi connectivity index (χ1n) is 10.5. The third-order valence-electron chi connectivity index (χ3n) is 4.87. The molecule has 1 aromatic heterocycles. The van der Waals surface area contributed by atoms with Gasteiger partial charge in [0.05, 0.1) is 35.6 Å². The summed E-state index contributed by atoms with van der Waals surface area (Å²) >= 11 is 6.21. The van der Waals surface area contributed by atoms with Crippen molar-refractivity contribution in [2.45, 2.75) is 40.3 Å². The van der Waals surface area contributed by atoms with Crippen molar-refractivity contribution < 1.29 is 9.53 Å². The number of amides is 1. The van der Waals surface area contributed by atoms with Gasteiger partial charge in [-0.25, -0.2) is 4.99 Å². The summed E-state index contributed by atoms with van der Waals surface area (Å²) in [6.45, 7) is 7.25. The van der Waals surface area contributed by atoms with Crippen LogP contribution in [0.4, 0.5) is 5.69 Å². The summed E-state index contributed by atoms with van der Waals surface area (Å²) in [4.78, 5) is 17.5. The summed E-state index contributed by atoms with van der Waals surface area (Å²) in [6.07, 6.45) is 2.99. The Morgan fingerprint density at radius 2 is 2.00 bits per heavy atom. The van der Waals surface area contributed by atoms with Crippen LogP contribution in [0.15, 0.2) is 53.7 Å². The average Bonchev–Trinajstić information content (AvgIpc) is 3.11. The number of carbonyl (C=O) groups is 1. The number of methoxy groups -OCH3 is 1. The number of benzene rings is 2. The van der Waals surface area contributed by atoms with Gasteiger partial charge in [0, 0.05) is 18.3 Å². The number of aliphatic imine (C=N–C) groups is 1. The lowest BCUT2D eigenvalue weighted by molar-refractivity contribution is 0.0977. The molecule has 3 rings (SSSR count). The Morgan fingerprint density at radius 1 is 1.22 bits per heavy atom. The number of nitrogens with zero attached hydrogens (tertiary/aromatic N) is 3. The van der Waals surface area contributed by atoms with Crippen LogP contribution in [0.1, 0.15) is 40.5 Å². The molecule has 0 aliphatic carbocycles. The van der Waals surface area contributed by atoms with E-state index in [0.29, 0.717) is 34.5 Å². The van der Waals surface area contributed by atoms with Gasteiger partial charge in [-0.05, 0) is 50.1 Å². The average molecular weight is 454 g/mol. The lowest BCUT2D eigenvalue weighted by atomic mass is 10.2. The molecule has 2 aromatic carbocycles. The van der Waals surface area contributed by atoms with E-state index in [1.807, 2.05) is 42.9 Å². The highest BCUT2D eigenvalue weighted by Gasteiger charge is 2.14. The third kappa shape index (κ3) is 5.88. The Morgan fingerprint density at radius 3 is 2.72 bits per heavy atom. The van der Waals surface area contributed by atoms with E-state index in [0.717, 1.165) is 29.8 Å². The normalized spacial score (nSPS) is 11.3. The SMILES string of the molecule is CCCn1cc(CN=C(NC(=O)c2ccccc2Cl)Nc2cc(C)ccc2OC)c(C)n1. The van der Waals surface area contributed by atoms with Gasteiger partial charge >= 0.3 is 0 Å². The molecule has 8 heteroatoms. The molecule has 1 amide bonds. The number of aromatic nitrogens is 2. The molecule has 0 atom stereocenters. The summed E-state index contributed by atoms with van der Waals surface area (Å²) in [5, 5.41) is 10.9. The van der Waals surface area contributed by atoms with Crippen molar-refractivity contribution >= 4 is 29.2 Å². The number of halogens is 1. The van der Waals surface area contributed by atoms with E-state index in [1.54, 1.807) is 31.4 Å². The van der Waals surface area contributed by atoms with Crippen molar-refractivity contribution in [3.63, 3.8) is 0 Å². The fourth-order valence-electron chi connectivity index (χ4n) is 3.20. The van der Waals surface area contributed by atoms with E-state index in [2.05, 4.69) is 27.6 Å². The van der Waals surface area contributed by atoms with Crippen molar-refractivity contribution in [1.29, 1.82) is 0 Å². The van der Waals surface area contributed by atoms with Gasteiger partial charge in [-0.2, -0.15) is 5.10 Å². The standard InChI is InChI=1S/C24H28ClN5O2/c1-5-12-30-15-18(17(3)29-30)14-26-24(27-21-13-16(2)10-11-22(21)32-4)28-23(31)19-8-6-7-9-20(19)25/h6-11,13,15H,5,12,14H2,1-4H3,(H2,26,27,28,31). The van der Waals surface area contributed by atoms with Crippen LogP contribution in [0.5, 0.6) is 5.75 Å². The highest BCUT2D eigenvalue weighted by molar-refractivity contribution is 6.34. The van der Waals surface area contributed by atoms with Gasteiger partial charge in [-0.3, -0.25) is 14.8 Å². The first-order chi connectivity index (χ1) is 15.4. The first-order valence-corrected chi connectivity index (χ1v) is 10.8. The Balaban J connectivity index is 1.90. The number of hydrogen-bond donors (Lipinski definition) is 2. The van der Waals surface area contributed by atoms with Crippen LogP contribution in [-0.2, 0) is 13.1 Å². The Labute approximate surface area is 193 Å². The predicted octanol–water partition coefficient (Wildman–Crippen LogP) is 4.97. The zero-order chi connectivity index (χ0) is 23.1. The Bertz CT molecular complexity index is 1120. The van der Waals surface area contributed by atoms with Crippen LogP contribution in [-0.4, -0.2) is 28.8 Å². The van der Waals surface area contributed by atoms with Crippen LogP contribution in [0.2, 0.25) is 5.02 Å². The number of rotatable bonds is 7. The second-order valence-corrected chi connectivity index (χ2v) is 7.84. The van der Waals surface area contributed by atoms with Gasteiger partial charge in [0.1, 0.15) is 5.75 Å². The zero-order valence-electron chi connectivity index (χ0n) is 18.8. The fourth-order valence-corrected chi connectivity index (χ4v) is 3.42. The molecule has 7 nitrogen and oxygen atoms in total. The second kappa shape index (κ2) is 10.8. The maximum atomic E-state index is 12.9. The minimum Gasteiger partial charge on any atom is -0.495 e. The molecule has 3 aromatic rings. The molecule has 0 aliphatic rings. The maximum Gasteiger partial charge on any atom is 0.259 e. The highest BCUT2D eigenvalue weighted by atomic mass is 35.5. The number of ether oxygens (including phenoxy) is 1. The number of guanidine groups is 1. The van der Waals surface area contributed by atoms with Crippen LogP contribution in [0, 0.1) is 13.8 Å². The molecule has 0 radical (unpaired) electrons. The van der Waals surface area contributed by atoms with E-state index >= 15 is 0 Å². The molecule has 0 bridgehead atoms. The fraction of sp³-hybridized carbons (Fsp3) is 0.292. The zero-order valence-corrected chi connectivity index (χ0v) is 19.5. The van der Waals surface area contributed by atoms with E-state index in [4.69, 9.17) is 16.3 Å². The van der Waals surface area contributed by atoms with Crippen molar-refractivity contribution in [3.05, 3.63) is 76.1 Å².